The van der Waals surface area contributed by atoms with Crippen LogP contribution in [0, 0.1) is 12.8 Å². The number of amides is 3. The molecule has 0 saturated carbocycles. The zero-order valence-electron chi connectivity index (χ0n) is 17.4. The molecule has 2 N–H and O–H groups in total. The summed E-state index contributed by atoms with van der Waals surface area (Å²) in [5.74, 6) is -0.571. The third-order valence-electron chi connectivity index (χ3n) is 6.22. The first-order valence-electron chi connectivity index (χ1n) is 10.3. The summed E-state index contributed by atoms with van der Waals surface area (Å²) in [4.78, 5) is 41.2. The average molecular weight is 409 g/mol. The Bertz CT molecular complexity index is 987. The van der Waals surface area contributed by atoms with Crippen LogP contribution in [0.2, 0.25) is 0 Å². The summed E-state index contributed by atoms with van der Waals surface area (Å²) in [6.07, 6.45) is 1.95. The van der Waals surface area contributed by atoms with Crippen molar-refractivity contribution in [3.05, 3.63) is 52.3 Å². The van der Waals surface area contributed by atoms with E-state index in [9.17, 15) is 14.4 Å². The van der Waals surface area contributed by atoms with E-state index in [-0.39, 0.29) is 23.4 Å². The third-order valence-corrected chi connectivity index (χ3v) is 6.22. The molecule has 1 saturated heterocycles. The van der Waals surface area contributed by atoms with E-state index < -0.39 is 5.91 Å². The van der Waals surface area contributed by atoms with Crippen molar-refractivity contribution in [3.63, 3.8) is 0 Å². The van der Waals surface area contributed by atoms with Crippen molar-refractivity contribution in [3.8, 4) is 0 Å². The van der Waals surface area contributed by atoms with Gasteiger partial charge in [0.15, 0.2) is 5.69 Å². The van der Waals surface area contributed by atoms with E-state index in [2.05, 4.69) is 5.10 Å². The van der Waals surface area contributed by atoms with Gasteiger partial charge in [0, 0.05) is 62.4 Å². The maximum Gasteiger partial charge on any atom is 0.269 e. The molecular formula is C22H27N5O3. The molecule has 1 aromatic carbocycles. The number of aromatic nitrogens is 2. The Morgan fingerprint density at radius 2 is 1.70 bits per heavy atom. The Balaban J connectivity index is 1.38. The van der Waals surface area contributed by atoms with Crippen molar-refractivity contribution in [2.45, 2.75) is 32.7 Å². The summed E-state index contributed by atoms with van der Waals surface area (Å²) in [6.45, 7) is 4.10. The van der Waals surface area contributed by atoms with E-state index in [1.807, 2.05) is 36.1 Å². The van der Waals surface area contributed by atoms with Crippen LogP contribution in [-0.4, -0.2) is 56.9 Å². The maximum atomic E-state index is 13.1. The fraction of sp³-hybridized carbons (Fsp3) is 0.455. The second-order valence-electron chi connectivity index (χ2n) is 8.20. The van der Waals surface area contributed by atoms with Crippen LogP contribution in [0.5, 0.6) is 0 Å². The molecular weight excluding hydrogens is 382 g/mol. The molecule has 3 amide bonds. The van der Waals surface area contributed by atoms with Gasteiger partial charge in [0.25, 0.3) is 11.8 Å². The minimum absolute atomic E-state index is 0.0185. The van der Waals surface area contributed by atoms with Gasteiger partial charge in [-0.05, 0) is 31.9 Å². The van der Waals surface area contributed by atoms with Crippen LogP contribution in [0.3, 0.4) is 0 Å². The molecule has 1 fully saturated rings. The van der Waals surface area contributed by atoms with E-state index in [1.54, 1.807) is 16.6 Å². The molecule has 158 valence electrons. The first-order valence-corrected chi connectivity index (χ1v) is 10.3. The number of piperidine rings is 1. The van der Waals surface area contributed by atoms with E-state index in [1.165, 1.54) is 0 Å². The maximum absolute atomic E-state index is 13.1. The van der Waals surface area contributed by atoms with Crippen LogP contribution in [0.15, 0.2) is 24.3 Å². The Hall–Kier alpha value is -3.16. The Morgan fingerprint density at radius 1 is 1.03 bits per heavy atom. The van der Waals surface area contributed by atoms with Crippen LogP contribution >= 0.6 is 0 Å². The molecule has 1 aromatic heterocycles. The van der Waals surface area contributed by atoms with Crippen molar-refractivity contribution < 1.29 is 14.4 Å². The van der Waals surface area contributed by atoms with Crippen LogP contribution in [-0.2, 0) is 24.8 Å². The van der Waals surface area contributed by atoms with Gasteiger partial charge in [-0.1, -0.05) is 17.7 Å². The molecule has 4 rings (SSSR count). The van der Waals surface area contributed by atoms with E-state index in [0.717, 1.165) is 16.8 Å². The largest absolute Gasteiger partial charge is 0.364 e. The molecule has 0 bridgehead atoms. The Morgan fingerprint density at radius 3 is 2.33 bits per heavy atom. The molecule has 30 heavy (non-hydrogen) atoms. The van der Waals surface area contributed by atoms with E-state index >= 15 is 0 Å². The predicted octanol–water partition coefficient (Wildman–Crippen LogP) is 1.26. The lowest BCUT2D eigenvalue weighted by Gasteiger charge is -2.35. The van der Waals surface area contributed by atoms with Gasteiger partial charge in [-0.2, -0.15) is 5.10 Å². The highest BCUT2D eigenvalue weighted by molar-refractivity contribution is 5.94. The fourth-order valence-corrected chi connectivity index (χ4v) is 4.44. The summed E-state index contributed by atoms with van der Waals surface area (Å²) >= 11 is 0. The van der Waals surface area contributed by atoms with Gasteiger partial charge >= 0.3 is 0 Å². The smallest absolute Gasteiger partial charge is 0.269 e. The van der Waals surface area contributed by atoms with Gasteiger partial charge in [0.2, 0.25) is 5.91 Å². The zero-order chi connectivity index (χ0) is 21.4. The van der Waals surface area contributed by atoms with Gasteiger partial charge in [0.1, 0.15) is 0 Å². The van der Waals surface area contributed by atoms with Crippen LogP contribution in [0.4, 0.5) is 0 Å². The van der Waals surface area contributed by atoms with Gasteiger partial charge in [-0.25, -0.2) is 0 Å². The van der Waals surface area contributed by atoms with Crippen molar-refractivity contribution in [1.82, 2.24) is 19.6 Å². The number of carbonyl (C=O) groups excluding carboxylic acids is 3. The topological polar surface area (TPSA) is 102 Å². The van der Waals surface area contributed by atoms with Crippen molar-refractivity contribution in [2.24, 2.45) is 18.7 Å². The van der Waals surface area contributed by atoms with Crippen LogP contribution in [0.1, 0.15) is 50.5 Å². The summed E-state index contributed by atoms with van der Waals surface area (Å²) in [7, 11) is 1.80. The number of likely N-dealkylation sites (tertiary alicyclic amines) is 1. The average Bonchev–Trinajstić information content (AvgIpc) is 3.09. The number of nitrogens with zero attached hydrogens (tertiary/aromatic N) is 4. The highest BCUT2D eigenvalue weighted by Crippen LogP contribution is 2.27. The molecule has 8 nitrogen and oxygen atoms in total. The van der Waals surface area contributed by atoms with Gasteiger partial charge in [-0.15, -0.1) is 0 Å². The number of hydrogen-bond donors (Lipinski definition) is 1. The number of rotatable bonds is 3. The highest BCUT2D eigenvalue weighted by atomic mass is 16.2. The Kier molecular flexibility index (Phi) is 5.32. The monoisotopic (exact) mass is 409 g/mol. The van der Waals surface area contributed by atoms with Crippen molar-refractivity contribution >= 4 is 17.7 Å². The molecule has 0 spiro atoms. The normalized spacial score (nSPS) is 17.0. The van der Waals surface area contributed by atoms with Gasteiger partial charge < -0.3 is 15.5 Å². The number of hydrogen-bond acceptors (Lipinski definition) is 4. The molecule has 3 heterocycles. The molecule has 2 aliphatic heterocycles. The number of primary amides is 1. The summed E-state index contributed by atoms with van der Waals surface area (Å²) in [5.41, 5.74) is 9.24. The third kappa shape index (κ3) is 3.69. The molecule has 2 aromatic rings. The van der Waals surface area contributed by atoms with Crippen molar-refractivity contribution in [1.29, 1.82) is 0 Å². The minimum atomic E-state index is -0.566. The molecule has 0 aliphatic carbocycles. The number of nitrogens with two attached hydrogens (primary N) is 1. The van der Waals surface area contributed by atoms with Gasteiger partial charge in [-0.3, -0.25) is 19.1 Å². The summed E-state index contributed by atoms with van der Waals surface area (Å²) < 4.78 is 1.69. The lowest BCUT2D eigenvalue weighted by atomic mass is 9.93. The first-order chi connectivity index (χ1) is 14.3. The zero-order valence-corrected chi connectivity index (χ0v) is 17.4. The van der Waals surface area contributed by atoms with E-state index in [0.29, 0.717) is 51.0 Å². The second-order valence-corrected chi connectivity index (χ2v) is 8.20. The molecule has 8 heteroatoms. The first kappa shape index (κ1) is 20.1. The number of fused-ring (bicyclic) bond motifs is 1. The van der Waals surface area contributed by atoms with Gasteiger partial charge in [0.05, 0.1) is 0 Å². The van der Waals surface area contributed by atoms with E-state index in [4.69, 9.17) is 5.73 Å². The quantitative estimate of drug-likeness (QED) is 0.825. The lowest BCUT2D eigenvalue weighted by molar-refractivity contribution is -0.137. The predicted molar refractivity (Wildman–Crippen MR) is 111 cm³/mol. The standard InChI is InChI=1S/C22H27N5O3/c1-14-3-5-15(6-4-14)21(29)26-10-7-16(8-11-26)22(30)27-12-9-18-17(13-27)19(20(23)28)24-25(18)2/h3-6,16H,7-13H2,1-2H3,(H2,23,28). The van der Waals surface area contributed by atoms with Crippen LogP contribution < -0.4 is 5.73 Å². The van der Waals surface area contributed by atoms with Crippen LogP contribution in [0.25, 0.3) is 0 Å². The molecule has 0 unspecified atom stereocenters. The molecule has 0 atom stereocenters. The highest BCUT2D eigenvalue weighted by Gasteiger charge is 2.34. The number of aryl methyl sites for hydroxylation is 2. The molecule has 2 aliphatic rings. The number of benzene rings is 1. The lowest BCUT2D eigenvalue weighted by Crippen LogP contribution is -2.45. The second kappa shape index (κ2) is 7.93. The summed E-state index contributed by atoms with van der Waals surface area (Å²) in [6, 6.07) is 7.58. The molecule has 0 radical (unpaired) electrons. The minimum Gasteiger partial charge on any atom is -0.364 e. The Labute approximate surface area is 175 Å². The van der Waals surface area contributed by atoms with Crippen molar-refractivity contribution in [2.75, 3.05) is 19.6 Å². The summed E-state index contributed by atoms with van der Waals surface area (Å²) in [5, 5.41) is 4.22. The SMILES string of the molecule is Cc1ccc(C(=O)N2CCC(C(=O)N3CCc4c(c(C(N)=O)nn4C)C3)CC2)cc1. The fourth-order valence-electron chi connectivity index (χ4n) is 4.44. The number of carbonyl (C=O) groups is 3.